The van der Waals surface area contributed by atoms with E-state index in [9.17, 15) is 19.2 Å². The number of hydrogen-bond donors (Lipinski definition) is 2. The molecule has 9 nitrogen and oxygen atoms in total. The first-order valence-electron chi connectivity index (χ1n) is 8.13. The van der Waals surface area contributed by atoms with Crippen LogP contribution in [-0.4, -0.2) is 45.5 Å². The number of carbonyl (C=O) groups is 3. The smallest absolute Gasteiger partial charge is 0.325 e. The molecule has 2 N–H and O–H groups in total. The van der Waals surface area contributed by atoms with Crippen molar-refractivity contribution in [2.45, 2.75) is 6.92 Å². The summed E-state index contributed by atoms with van der Waals surface area (Å²) in [5.41, 5.74) is 0.134. The minimum absolute atomic E-state index is 0.0791. The molecule has 0 aliphatic carbocycles. The molecule has 0 saturated heterocycles. The van der Waals surface area contributed by atoms with Crippen molar-refractivity contribution in [3.63, 3.8) is 0 Å². The maximum Gasteiger partial charge on any atom is 0.325 e. The zero-order valence-corrected chi connectivity index (χ0v) is 14.4. The van der Waals surface area contributed by atoms with Gasteiger partial charge >= 0.3 is 5.97 Å². The molecule has 0 spiro atoms. The molecule has 3 rings (SSSR count). The third kappa shape index (κ3) is 3.92. The van der Waals surface area contributed by atoms with Gasteiger partial charge in [0.25, 0.3) is 17.4 Å². The third-order valence-electron chi connectivity index (χ3n) is 3.77. The largest absolute Gasteiger partial charge is 0.465 e. The summed E-state index contributed by atoms with van der Waals surface area (Å²) in [5.74, 6) is -1.55. The van der Waals surface area contributed by atoms with Crippen LogP contribution in [0, 0.1) is 0 Å². The Kier molecular flexibility index (Phi) is 5.11. The van der Waals surface area contributed by atoms with Crippen LogP contribution in [0.1, 0.15) is 27.6 Å². The van der Waals surface area contributed by atoms with E-state index in [1.165, 1.54) is 41.5 Å². The molecule has 0 atom stereocenters. The minimum atomic E-state index is -0.541. The van der Waals surface area contributed by atoms with Gasteiger partial charge in [0.2, 0.25) is 0 Å². The molecule has 2 heterocycles. The monoisotopic (exact) mass is 368 g/mol. The highest BCUT2D eigenvalue weighted by Gasteiger charge is 2.15. The number of pyridine rings is 1. The Labute approximate surface area is 153 Å². The Morgan fingerprint density at radius 1 is 1.26 bits per heavy atom. The fourth-order valence-electron chi connectivity index (χ4n) is 2.49. The van der Waals surface area contributed by atoms with Gasteiger partial charge in [-0.1, -0.05) is 0 Å². The van der Waals surface area contributed by atoms with Crippen LogP contribution in [0.25, 0.3) is 10.9 Å². The van der Waals surface area contributed by atoms with E-state index in [4.69, 9.17) is 4.74 Å². The van der Waals surface area contributed by atoms with E-state index in [0.717, 1.165) is 0 Å². The lowest BCUT2D eigenvalue weighted by Gasteiger charge is -2.07. The number of nitrogens with zero attached hydrogens (tertiary/aromatic N) is 2. The second kappa shape index (κ2) is 7.65. The second-order valence-electron chi connectivity index (χ2n) is 5.58. The number of hydrogen-bond acceptors (Lipinski definition) is 6. The number of H-pyrrole nitrogens is 1. The molecule has 0 saturated carbocycles. The van der Waals surface area contributed by atoms with Crippen molar-refractivity contribution in [3.8, 4) is 0 Å². The lowest BCUT2D eigenvalue weighted by molar-refractivity contribution is -0.141. The van der Waals surface area contributed by atoms with Gasteiger partial charge in [-0.15, -0.1) is 0 Å². The third-order valence-corrected chi connectivity index (χ3v) is 3.77. The van der Waals surface area contributed by atoms with E-state index in [0.29, 0.717) is 10.9 Å². The predicted octanol–water partition coefficient (Wildman–Crippen LogP) is 0.706. The lowest BCUT2D eigenvalue weighted by Crippen LogP contribution is -2.30. The van der Waals surface area contributed by atoms with Gasteiger partial charge in [0, 0.05) is 23.5 Å². The topological polar surface area (TPSA) is 123 Å². The molecule has 0 fully saturated rings. The van der Waals surface area contributed by atoms with Crippen molar-refractivity contribution in [2.24, 2.45) is 0 Å². The molecule has 0 aliphatic heterocycles. The Morgan fingerprint density at radius 3 is 2.78 bits per heavy atom. The molecule has 9 heteroatoms. The molecular weight excluding hydrogens is 352 g/mol. The minimum Gasteiger partial charge on any atom is -0.465 e. The van der Waals surface area contributed by atoms with E-state index in [2.05, 4.69) is 15.3 Å². The molecule has 138 valence electrons. The molecule has 0 bridgehead atoms. The van der Waals surface area contributed by atoms with Crippen molar-refractivity contribution in [2.75, 3.05) is 13.2 Å². The van der Waals surface area contributed by atoms with Crippen molar-refractivity contribution in [1.82, 2.24) is 19.9 Å². The van der Waals surface area contributed by atoms with E-state index >= 15 is 0 Å². The van der Waals surface area contributed by atoms with Gasteiger partial charge < -0.3 is 15.0 Å². The normalized spacial score (nSPS) is 10.6. The molecule has 0 radical (unpaired) electrons. The number of fused-ring (bicyclic) bond motifs is 1. The number of aromatic amines is 1. The Balaban J connectivity index is 1.89. The van der Waals surface area contributed by atoms with Crippen LogP contribution in [0.2, 0.25) is 0 Å². The number of nitrogens with one attached hydrogen (secondary N) is 2. The molecule has 1 amide bonds. The van der Waals surface area contributed by atoms with Crippen LogP contribution < -0.4 is 10.9 Å². The number of aromatic nitrogens is 3. The molecule has 0 unspecified atom stereocenters. The van der Waals surface area contributed by atoms with Gasteiger partial charge in [-0.2, -0.15) is 0 Å². The molecular formula is C18H16N4O5. The van der Waals surface area contributed by atoms with E-state index in [1.54, 1.807) is 13.0 Å². The molecule has 2 aromatic heterocycles. The zero-order chi connectivity index (χ0) is 19.4. The fourth-order valence-corrected chi connectivity index (χ4v) is 2.49. The summed E-state index contributed by atoms with van der Waals surface area (Å²) >= 11 is 0. The first-order chi connectivity index (χ1) is 13.0. The van der Waals surface area contributed by atoms with Crippen LogP contribution in [0.4, 0.5) is 0 Å². The van der Waals surface area contributed by atoms with Crippen molar-refractivity contribution in [1.29, 1.82) is 0 Å². The summed E-state index contributed by atoms with van der Waals surface area (Å²) in [5, 5.41) is 2.96. The molecule has 0 aliphatic rings. The number of carbonyl (C=O) groups excluding carboxylic acids is 3. The summed E-state index contributed by atoms with van der Waals surface area (Å²) in [6.07, 6.45) is 4.16. The molecule has 1 aromatic carbocycles. The van der Waals surface area contributed by atoms with Gasteiger partial charge in [-0.25, -0.2) is 4.98 Å². The van der Waals surface area contributed by atoms with Crippen LogP contribution in [-0.2, 0) is 9.53 Å². The average molecular weight is 368 g/mol. The number of amides is 1. The summed E-state index contributed by atoms with van der Waals surface area (Å²) in [6, 6.07) is 6.01. The standard InChI is InChI=1S/C18H16N4O5/c1-2-27-15(23)9-20-16(24)11-3-4-14-12(7-11)8-13(17(25)21-14)18(26)22-6-5-19-10-22/h3-8,10H,2,9H2,1H3,(H,20,24)(H,21,25). The molecule has 27 heavy (non-hydrogen) atoms. The first kappa shape index (κ1) is 18.1. The van der Waals surface area contributed by atoms with Crippen LogP contribution in [0.5, 0.6) is 0 Å². The highest BCUT2D eigenvalue weighted by atomic mass is 16.5. The highest BCUT2D eigenvalue weighted by Crippen LogP contribution is 2.14. The van der Waals surface area contributed by atoms with Gasteiger partial charge in [0.15, 0.2) is 0 Å². The number of imidazole rings is 1. The van der Waals surface area contributed by atoms with Gasteiger partial charge in [-0.05, 0) is 36.6 Å². The van der Waals surface area contributed by atoms with Gasteiger partial charge in [0.05, 0.1) is 6.61 Å². The number of rotatable bonds is 5. The van der Waals surface area contributed by atoms with E-state index in [-0.39, 0.29) is 24.3 Å². The number of benzene rings is 1. The van der Waals surface area contributed by atoms with Crippen LogP contribution >= 0.6 is 0 Å². The SMILES string of the molecule is CCOC(=O)CNC(=O)c1ccc2[nH]c(=O)c(C(=O)n3ccnc3)cc2c1. The second-order valence-corrected chi connectivity index (χ2v) is 5.58. The Morgan fingerprint density at radius 2 is 2.07 bits per heavy atom. The number of ether oxygens (including phenoxy) is 1. The highest BCUT2D eigenvalue weighted by molar-refractivity contribution is 6.01. The van der Waals surface area contributed by atoms with Crippen molar-refractivity contribution < 1.29 is 19.1 Å². The lowest BCUT2D eigenvalue weighted by atomic mass is 10.1. The summed E-state index contributed by atoms with van der Waals surface area (Å²) in [7, 11) is 0. The van der Waals surface area contributed by atoms with E-state index < -0.39 is 23.3 Å². The Bertz CT molecular complexity index is 1070. The Hall–Kier alpha value is -3.75. The van der Waals surface area contributed by atoms with E-state index in [1.807, 2.05) is 0 Å². The summed E-state index contributed by atoms with van der Waals surface area (Å²) < 4.78 is 5.94. The quantitative estimate of drug-likeness (QED) is 0.639. The van der Waals surface area contributed by atoms with Gasteiger partial charge in [-0.3, -0.25) is 23.7 Å². The van der Waals surface area contributed by atoms with Crippen LogP contribution in [0.3, 0.4) is 0 Å². The fraction of sp³-hybridized carbons (Fsp3) is 0.167. The van der Waals surface area contributed by atoms with Crippen molar-refractivity contribution in [3.05, 3.63) is 64.5 Å². The maximum absolute atomic E-state index is 12.4. The zero-order valence-electron chi connectivity index (χ0n) is 14.4. The summed E-state index contributed by atoms with van der Waals surface area (Å²) in [4.78, 5) is 54.5. The average Bonchev–Trinajstić information content (AvgIpc) is 3.19. The van der Waals surface area contributed by atoms with Crippen molar-refractivity contribution >= 4 is 28.7 Å². The molecule has 3 aromatic rings. The maximum atomic E-state index is 12.4. The van der Waals surface area contributed by atoms with Gasteiger partial charge in [0.1, 0.15) is 18.4 Å². The predicted molar refractivity (Wildman–Crippen MR) is 95.5 cm³/mol. The number of esters is 1. The summed E-state index contributed by atoms with van der Waals surface area (Å²) in [6.45, 7) is 1.65. The van der Waals surface area contributed by atoms with Crippen LogP contribution in [0.15, 0.2) is 47.8 Å². The first-order valence-corrected chi connectivity index (χ1v) is 8.13.